The number of piperidine rings is 2. The monoisotopic (exact) mass is 282 g/mol. The summed E-state index contributed by atoms with van der Waals surface area (Å²) in [5.74, 6) is -2.46. The summed E-state index contributed by atoms with van der Waals surface area (Å²) in [6.07, 6.45) is -0.774. The highest BCUT2D eigenvalue weighted by Gasteiger charge is 2.40. The lowest BCUT2D eigenvalue weighted by molar-refractivity contribution is -0.192. The van der Waals surface area contributed by atoms with Crippen molar-refractivity contribution in [3.8, 4) is 0 Å². The van der Waals surface area contributed by atoms with E-state index in [9.17, 15) is 18.0 Å². The predicted molar refractivity (Wildman–Crippen MR) is 60.5 cm³/mol. The molecule has 2 aliphatic rings. The molecule has 1 amide bonds. The standard InChI is InChI=1S/C9H16N2O.C2HF3O2/c12-8-9(2-1-5-11-8)3-6-10-7-4-9;3-2(4,5)1(6)7/h10H,1-7H2,(H,11,12);(H,6,7). The number of hydrogen-bond donors (Lipinski definition) is 3. The van der Waals surface area contributed by atoms with Gasteiger partial charge < -0.3 is 15.7 Å². The van der Waals surface area contributed by atoms with Crippen molar-refractivity contribution >= 4 is 11.9 Å². The van der Waals surface area contributed by atoms with E-state index in [-0.39, 0.29) is 5.41 Å². The molecule has 0 aliphatic carbocycles. The first-order valence-corrected chi connectivity index (χ1v) is 6.07. The van der Waals surface area contributed by atoms with Crippen molar-refractivity contribution in [2.75, 3.05) is 19.6 Å². The van der Waals surface area contributed by atoms with Gasteiger partial charge in [-0.25, -0.2) is 4.79 Å². The summed E-state index contributed by atoms with van der Waals surface area (Å²) in [6.45, 7) is 2.90. The van der Waals surface area contributed by atoms with Crippen LogP contribution in [0.2, 0.25) is 0 Å². The second kappa shape index (κ2) is 6.23. The quantitative estimate of drug-likeness (QED) is 0.617. The Morgan fingerprint density at radius 3 is 2.11 bits per heavy atom. The van der Waals surface area contributed by atoms with Crippen LogP contribution in [0, 0.1) is 5.41 Å². The van der Waals surface area contributed by atoms with Crippen molar-refractivity contribution in [1.82, 2.24) is 10.6 Å². The fourth-order valence-corrected chi connectivity index (χ4v) is 2.31. The number of carboxylic acids is 1. The summed E-state index contributed by atoms with van der Waals surface area (Å²) in [7, 11) is 0. The molecule has 110 valence electrons. The van der Waals surface area contributed by atoms with E-state index in [1.165, 1.54) is 0 Å². The van der Waals surface area contributed by atoms with Crippen molar-refractivity contribution in [3.05, 3.63) is 0 Å². The molecule has 19 heavy (non-hydrogen) atoms. The first kappa shape index (κ1) is 15.7. The van der Waals surface area contributed by atoms with Gasteiger partial charge in [-0.1, -0.05) is 0 Å². The van der Waals surface area contributed by atoms with Crippen LogP contribution in [-0.2, 0) is 9.59 Å². The van der Waals surface area contributed by atoms with E-state index in [0.717, 1.165) is 45.3 Å². The molecule has 2 fully saturated rings. The Morgan fingerprint density at radius 2 is 1.68 bits per heavy atom. The van der Waals surface area contributed by atoms with Crippen molar-refractivity contribution in [1.29, 1.82) is 0 Å². The van der Waals surface area contributed by atoms with Gasteiger partial charge in [0.05, 0.1) is 5.41 Å². The second-order valence-electron chi connectivity index (χ2n) is 4.69. The first-order valence-electron chi connectivity index (χ1n) is 6.07. The normalized spacial score (nSPS) is 22.2. The van der Waals surface area contributed by atoms with E-state index >= 15 is 0 Å². The van der Waals surface area contributed by atoms with E-state index in [4.69, 9.17) is 9.90 Å². The fraction of sp³-hybridized carbons (Fsp3) is 0.818. The smallest absolute Gasteiger partial charge is 0.475 e. The molecule has 3 N–H and O–H groups in total. The molecule has 8 heteroatoms. The molecular formula is C11H17F3N2O3. The molecule has 0 saturated carbocycles. The molecule has 5 nitrogen and oxygen atoms in total. The molecule has 0 bridgehead atoms. The maximum atomic E-state index is 11.6. The molecule has 0 atom stereocenters. The minimum Gasteiger partial charge on any atom is -0.475 e. The van der Waals surface area contributed by atoms with Crippen LogP contribution in [0.4, 0.5) is 13.2 Å². The molecule has 2 heterocycles. The maximum Gasteiger partial charge on any atom is 0.490 e. The van der Waals surface area contributed by atoms with Gasteiger partial charge in [0.1, 0.15) is 0 Å². The summed E-state index contributed by atoms with van der Waals surface area (Å²) in [6, 6.07) is 0. The number of aliphatic carboxylic acids is 1. The third-order valence-electron chi connectivity index (χ3n) is 3.40. The van der Waals surface area contributed by atoms with Gasteiger partial charge in [0.15, 0.2) is 0 Å². The van der Waals surface area contributed by atoms with E-state index in [0.29, 0.717) is 5.91 Å². The van der Waals surface area contributed by atoms with Crippen LogP contribution in [-0.4, -0.2) is 42.8 Å². The van der Waals surface area contributed by atoms with Crippen LogP contribution in [0.1, 0.15) is 25.7 Å². The zero-order valence-electron chi connectivity index (χ0n) is 10.3. The van der Waals surface area contributed by atoms with Gasteiger partial charge in [-0.2, -0.15) is 13.2 Å². The number of hydrogen-bond acceptors (Lipinski definition) is 3. The van der Waals surface area contributed by atoms with E-state index in [1.807, 2.05) is 0 Å². The Balaban J connectivity index is 0.000000224. The molecule has 0 radical (unpaired) electrons. The number of halogens is 3. The SMILES string of the molecule is O=C(O)C(F)(F)F.O=C1NCCCC12CCNCC2. The third kappa shape index (κ3) is 4.38. The molecule has 2 aliphatic heterocycles. The van der Waals surface area contributed by atoms with E-state index in [2.05, 4.69) is 10.6 Å². The molecular weight excluding hydrogens is 265 g/mol. The van der Waals surface area contributed by atoms with Crippen molar-refractivity contribution in [2.24, 2.45) is 5.41 Å². The zero-order chi connectivity index (χ0) is 14.5. The number of rotatable bonds is 0. The maximum absolute atomic E-state index is 11.6. The van der Waals surface area contributed by atoms with Crippen LogP contribution < -0.4 is 10.6 Å². The van der Waals surface area contributed by atoms with Crippen LogP contribution in [0.3, 0.4) is 0 Å². The molecule has 1 spiro atoms. The Labute approximate surface area is 108 Å². The van der Waals surface area contributed by atoms with Gasteiger partial charge in [-0.15, -0.1) is 0 Å². The fourth-order valence-electron chi connectivity index (χ4n) is 2.31. The van der Waals surface area contributed by atoms with E-state index in [1.54, 1.807) is 0 Å². The average molecular weight is 282 g/mol. The van der Waals surface area contributed by atoms with Crippen molar-refractivity contribution in [2.45, 2.75) is 31.9 Å². The number of carbonyl (C=O) groups is 2. The number of alkyl halides is 3. The zero-order valence-corrected chi connectivity index (χ0v) is 10.3. The minimum absolute atomic E-state index is 0.00347. The first-order chi connectivity index (χ1) is 8.78. The Kier molecular flexibility index (Phi) is 5.16. The van der Waals surface area contributed by atoms with E-state index < -0.39 is 12.1 Å². The highest BCUT2D eigenvalue weighted by molar-refractivity contribution is 5.83. The highest BCUT2D eigenvalue weighted by Crippen LogP contribution is 2.35. The number of carbonyl (C=O) groups excluding carboxylic acids is 1. The van der Waals surface area contributed by atoms with Gasteiger partial charge in [0.25, 0.3) is 0 Å². The summed E-state index contributed by atoms with van der Waals surface area (Å²) in [5, 5.41) is 13.4. The van der Waals surface area contributed by atoms with Crippen LogP contribution in [0.25, 0.3) is 0 Å². The highest BCUT2D eigenvalue weighted by atomic mass is 19.4. The van der Waals surface area contributed by atoms with Gasteiger partial charge in [0.2, 0.25) is 5.91 Å². The van der Waals surface area contributed by atoms with Crippen LogP contribution >= 0.6 is 0 Å². The number of nitrogens with one attached hydrogen (secondary N) is 2. The van der Waals surface area contributed by atoms with Gasteiger partial charge in [-0.3, -0.25) is 4.79 Å². The minimum atomic E-state index is -5.08. The Bertz CT molecular complexity index is 330. The lowest BCUT2D eigenvalue weighted by Gasteiger charge is -2.39. The van der Waals surface area contributed by atoms with Gasteiger partial charge in [-0.05, 0) is 38.8 Å². The largest absolute Gasteiger partial charge is 0.490 e. The Hall–Kier alpha value is -1.31. The molecule has 0 aromatic carbocycles. The molecule has 0 aromatic rings. The number of amides is 1. The second-order valence-corrected chi connectivity index (χ2v) is 4.69. The van der Waals surface area contributed by atoms with Crippen LogP contribution in [0.15, 0.2) is 0 Å². The average Bonchev–Trinajstić information content (AvgIpc) is 2.34. The lowest BCUT2D eigenvalue weighted by Crippen LogP contribution is -2.50. The van der Waals surface area contributed by atoms with Crippen molar-refractivity contribution in [3.63, 3.8) is 0 Å². The van der Waals surface area contributed by atoms with Gasteiger partial charge >= 0.3 is 12.1 Å². The predicted octanol–water partition coefficient (Wildman–Crippen LogP) is 0.899. The van der Waals surface area contributed by atoms with Crippen LogP contribution in [0.5, 0.6) is 0 Å². The topological polar surface area (TPSA) is 78.4 Å². The molecule has 0 unspecified atom stereocenters. The molecule has 2 saturated heterocycles. The molecule has 2 rings (SSSR count). The summed E-state index contributed by atoms with van der Waals surface area (Å²) in [4.78, 5) is 20.5. The molecule has 0 aromatic heterocycles. The summed E-state index contributed by atoms with van der Waals surface area (Å²) < 4.78 is 31.7. The summed E-state index contributed by atoms with van der Waals surface area (Å²) in [5.41, 5.74) is 0.00347. The Morgan fingerprint density at radius 1 is 1.16 bits per heavy atom. The number of carboxylic acid groups (broad SMARTS) is 1. The summed E-state index contributed by atoms with van der Waals surface area (Å²) >= 11 is 0. The van der Waals surface area contributed by atoms with Gasteiger partial charge in [0, 0.05) is 6.54 Å². The lowest BCUT2D eigenvalue weighted by atomic mass is 9.73. The third-order valence-corrected chi connectivity index (χ3v) is 3.40. The van der Waals surface area contributed by atoms with Crippen molar-refractivity contribution < 1.29 is 27.9 Å².